The number of aromatic amines is 1. The maximum absolute atomic E-state index is 12.4. The molecule has 1 heterocycles. The van der Waals surface area contributed by atoms with Gasteiger partial charge < -0.3 is 14.8 Å². The number of nitrogens with one attached hydrogen (secondary N) is 2. The summed E-state index contributed by atoms with van der Waals surface area (Å²) in [6.45, 7) is 8.36. The van der Waals surface area contributed by atoms with Crippen molar-refractivity contribution in [2.75, 3.05) is 13.7 Å². The lowest BCUT2D eigenvalue weighted by Gasteiger charge is -2.21. The summed E-state index contributed by atoms with van der Waals surface area (Å²) >= 11 is 0. The molecule has 1 aromatic heterocycles. The Morgan fingerprint density at radius 1 is 1.28 bits per heavy atom. The number of tetrazole rings is 1. The second-order valence-corrected chi connectivity index (χ2v) is 6.82. The van der Waals surface area contributed by atoms with E-state index >= 15 is 0 Å². The van der Waals surface area contributed by atoms with Crippen molar-refractivity contribution in [2.24, 2.45) is 0 Å². The summed E-state index contributed by atoms with van der Waals surface area (Å²) < 4.78 is 10.8. The zero-order chi connectivity index (χ0) is 18.4. The molecule has 8 nitrogen and oxygen atoms in total. The molecule has 0 saturated carbocycles. The van der Waals surface area contributed by atoms with E-state index in [4.69, 9.17) is 9.47 Å². The van der Waals surface area contributed by atoms with E-state index in [0.29, 0.717) is 11.6 Å². The molecule has 136 valence electrons. The van der Waals surface area contributed by atoms with Crippen molar-refractivity contribution in [1.82, 2.24) is 25.9 Å². The van der Waals surface area contributed by atoms with Gasteiger partial charge in [0.15, 0.2) is 11.9 Å². The van der Waals surface area contributed by atoms with Gasteiger partial charge in [-0.15, -0.1) is 10.2 Å². The third kappa shape index (κ3) is 5.25. The van der Waals surface area contributed by atoms with Crippen LogP contribution in [0.15, 0.2) is 24.3 Å². The maximum atomic E-state index is 12.4. The fraction of sp³-hybridized carbons (Fsp3) is 0.529. The first-order chi connectivity index (χ1) is 11.8. The van der Waals surface area contributed by atoms with E-state index in [1.807, 2.05) is 24.3 Å². The lowest BCUT2D eigenvalue weighted by Crippen LogP contribution is -2.40. The van der Waals surface area contributed by atoms with Crippen LogP contribution in [0.25, 0.3) is 0 Å². The molecule has 25 heavy (non-hydrogen) atoms. The third-order valence-electron chi connectivity index (χ3n) is 3.73. The Morgan fingerprint density at radius 2 is 1.96 bits per heavy atom. The largest absolute Gasteiger partial charge is 0.481 e. The molecule has 2 N–H and O–H groups in total. The first-order valence-corrected chi connectivity index (χ1v) is 8.11. The number of methoxy groups -OCH3 is 1. The Kier molecular flexibility index (Phi) is 6.08. The average molecular weight is 347 g/mol. The molecule has 0 spiro atoms. The molecule has 2 atom stereocenters. The van der Waals surface area contributed by atoms with Gasteiger partial charge in [-0.2, -0.15) is 5.21 Å². The van der Waals surface area contributed by atoms with Gasteiger partial charge in [-0.1, -0.05) is 38.1 Å². The molecule has 0 aliphatic rings. The SMILES string of the molecule is COCC(NC(=O)C(C)Oc1ccc(C(C)(C)C)cc1)c1nn[nH]n1. The molecule has 2 unspecified atom stereocenters. The Morgan fingerprint density at radius 3 is 2.48 bits per heavy atom. The topological polar surface area (TPSA) is 102 Å². The van der Waals surface area contributed by atoms with Crippen molar-refractivity contribution >= 4 is 5.91 Å². The van der Waals surface area contributed by atoms with Crippen molar-refractivity contribution < 1.29 is 14.3 Å². The van der Waals surface area contributed by atoms with Crippen LogP contribution in [0.2, 0.25) is 0 Å². The molecule has 2 rings (SSSR count). The fourth-order valence-corrected chi connectivity index (χ4v) is 2.24. The normalized spacial score (nSPS) is 14.0. The van der Waals surface area contributed by atoms with Crippen LogP contribution in [0.5, 0.6) is 5.75 Å². The highest BCUT2D eigenvalue weighted by Gasteiger charge is 2.23. The van der Waals surface area contributed by atoms with Gasteiger partial charge in [0.2, 0.25) is 0 Å². The summed E-state index contributed by atoms with van der Waals surface area (Å²) in [5.41, 5.74) is 1.27. The number of hydrogen-bond donors (Lipinski definition) is 2. The minimum Gasteiger partial charge on any atom is -0.481 e. The average Bonchev–Trinajstić information content (AvgIpc) is 3.08. The van der Waals surface area contributed by atoms with Gasteiger partial charge in [0.25, 0.3) is 5.91 Å². The molecule has 1 aromatic carbocycles. The van der Waals surface area contributed by atoms with E-state index in [9.17, 15) is 4.79 Å². The Bertz CT molecular complexity index is 665. The van der Waals surface area contributed by atoms with Crippen molar-refractivity contribution in [2.45, 2.75) is 45.3 Å². The second-order valence-electron chi connectivity index (χ2n) is 6.82. The number of carbonyl (C=O) groups is 1. The molecular formula is C17H25N5O3. The van der Waals surface area contributed by atoms with E-state index in [1.165, 1.54) is 12.7 Å². The minimum atomic E-state index is -0.674. The van der Waals surface area contributed by atoms with Crippen LogP contribution >= 0.6 is 0 Å². The summed E-state index contributed by atoms with van der Waals surface area (Å²) in [6, 6.07) is 7.26. The number of ether oxygens (including phenoxy) is 2. The lowest BCUT2D eigenvalue weighted by molar-refractivity contribution is -0.128. The molecule has 0 aliphatic heterocycles. The monoisotopic (exact) mass is 347 g/mol. The highest BCUT2D eigenvalue weighted by Crippen LogP contribution is 2.24. The van der Waals surface area contributed by atoms with Crippen molar-refractivity contribution in [1.29, 1.82) is 0 Å². The summed E-state index contributed by atoms with van der Waals surface area (Å²) in [6.07, 6.45) is -0.674. The van der Waals surface area contributed by atoms with Gasteiger partial charge in [-0.25, -0.2) is 0 Å². The van der Waals surface area contributed by atoms with E-state index < -0.39 is 12.1 Å². The predicted molar refractivity (Wildman–Crippen MR) is 92.2 cm³/mol. The summed E-state index contributed by atoms with van der Waals surface area (Å²) in [5, 5.41) is 16.4. The Balaban J connectivity index is 1.97. The number of H-pyrrole nitrogens is 1. The molecule has 0 aliphatic carbocycles. The van der Waals surface area contributed by atoms with Gasteiger partial charge >= 0.3 is 0 Å². The van der Waals surface area contributed by atoms with Crippen LogP contribution < -0.4 is 10.1 Å². The van der Waals surface area contributed by atoms with Gasteiger partial charge in [0, 0.05) is 7.11 Å². The first kappa shape index (κ1) is 18.9. The molecule has 0 radical (unpaired) electrons. The highest BCUT2D eigenvalue weighted by atomic mass is 16.5. The quantitative estimate of drug-likeness (QED) is 0.791. The van der Waals surface area contributed by atoms with Crippen molar-refractivity contribution in [3.05, 3.63) is 35.7 Å². The molecule has 8 heteroatoms. The Labute approximate surface area is 147 Å². The smallest absolute Gasteiger partial charge is 0.261 e. The fourth-order valence-electron chi connectivity index (χ4n) is 2.24. The summed E-state index contributed by atoms with van der Waals surface area (Å²) in [4.78, 5) is 12.4. The third-order valence-corrected chi connectivity index (χ3v) is 3.73. The summed E-state index contributed by atoms with van der Waals surface area (Å²) in [5.74, 6) is 0.710. The molecule has 0 saturated heterocycles. The zero-order valence-corrected chi connectivity index (χ0v) is 15.2. The molecule has 0 fully saturated rings. The van der Waals surface area contributed by atoms with Crippen LogP contribution in [0, 0.1) is 0 Å². The van der Waals surface area contributed by atoms with E-state index in [-0.39, 0.29) is 17.9 Å². The van der Waals surface area contributed by atoms with Gasteiger partial charge in [0.05, 0.1) is 6.61 Å². The standard InChI is InChI=1S/C17H25N5O3/c1-11(25-13-8-6-12(7-9-13)17(2,3)4)16(23)18-14(10-24-5)15-19-21-22-20-15/h6-9,11,14H,10H2,1-5H3,(H,18,23)(H,19,20,21,22). The predicted octanol–water partition coefficient (Wildman–Crippen LogP) is 1.77. The zero-order valence-electron chi connectivity index (χ0n) is 15.2. The van der Waals surface area contributed by atoms with Crippen molar-refractivity contribution in [3.63, 3.8) is 0 Å². The van der Waals surface area contributed by atoms with Gasteiger partial charge in [0.1, 0.15) is 11.8 Å². The molecular weight excluding hydrogens is 322 g/mol. The van der Waals surface area contributed by atoms with Crippen LogP contribution in [0.3, 0.4) is 0 Å². The maximum Gasteiger partial charge on any atom is 0.261 e. The van der Waals surface area contributed by atoms with E-state index in [0.717, 1.165) is 0 Å². The highest BCUT2D eigenvalue weighted by molar-refractivity contribution is 5.81. The van der Waals surface area contributed by atoms with E-state index in [1.54, 1.807) is 6.92 Å². The minimum absolute atomic E-state index is 0.0689. The number of amides is 1. The van der Waals surface area contributed by atoms with Crippen LogP contribution in [0.4, 0.5) is 0 Å². The first-order valence-electron chi connectivity index (χ1n) is 8.11. The molecule has 0 bridgehead atoms. The van der Waals surface area contributed by atoms with Gasteiger partial charge in [-0.3, -0.25) is 4.79 Å². The number of carbonyl (C=O) groups excluding carboxylic acids is 1. The number of nitrogens with zero attached hydrogens (tertiary/aromatic N) is 3. The molecule has 2 aromatic rings. The van der Waals surface area contributed by atoms with Crippen molar-refractivity contribution in [3.8, 4) is 5.75 Å². The number of benzene rings is 1. The second kappa shape index (κ2) is 8.06. The van der Waals surface area contributed by atoms with Crippen LogP contribution in [0.1, 0.15) is 45.1 Å². The molecule has 1 amide bonds. The number of aromatic nitrogens is 4. The summed E-state index contributed by atoms with van der Waals surface area (Å²) in [7, 11) is 1.54. The Hall–Kier alpha value is -2.48. The van der Waals surface area contributed by atoms with Crippen LogP contribution in [-0.2, 0) is 14.9 Å². The lowest BCUT2D eigenvalue weighted by atomic mass is 9.87. The van der Waals surface area contributed by atoms with Gasteiger partial charge in [-0.05, 0) is 30.0 Å². The number of hydrogen-bond acceptors (Lipinski definition) is 6. The van der Waals surface area contributed by atoms with E-state index in [2.05, 4.69) is 46.7 Å². The number of rotatable bonds is 7. The van der Waals surface area contributed by atoms with Crippen LogP contribution in [-0.4, -0.2) is 46.4 Å².